The SMILES string of the molecule is CCC1(CC)NC(=O)C(C)(CC)N(CC2CCC2)C1=O. The molecule has 0 aromatic rings. The highest BCUT2D eigenvalue weighted by Gasteiger charge is 2.54. The Morgan fingerprint density at radius 2 is 1.75 bits per heavy atom. The minimum Gasteiger partial charge on any atom is -0.340 e. The summed E-state index contributed by atoms with van der Waals surface area (Å²) in [6, 6.07) is 0. The molecule has 1 aliphatic carbocycles. The number of amides is 2. The molecule has 2 fully saturated rings. The molecule has 0 aromatic carbocycles. The van der Waals surface area contributed by atoms with Crippen molar-refractivity contribution in [1.82, 2.24) is 10.2 Å². The lowest BCUT2D eigenvalue weighted by molar-refractivity contribution is -0.164. The molecule has 0 bridgehead atoms. The van der Waals surface area contributed by atoms with Gasteiger partial charge in [-0.05, 0) is 44.9 Å². The Labute approximate surface area is 122 Å². The monoisotopic (exact) mass is 280 g/mol. The number of rotatable bonds is 5. The van der Waals surface area contributed by atoms with Crippen LogP contribution in [0, 0.1) is 5.92 Å². The van der Waals surface area contributed by atoms with Crippen LogP contribution in [0.15, 0.2) is 0 Å². The first-order chi connectivity index (χ1) is 9.43. The van der Waals surface area contributed by atoms with Crippen LogP contribution in [0.25, 0.3) is 0 Å². The van der Waals surface area contributed by atoms with E-state index in [4.69, 9.17) is 0 Å². The van der Waals surface area contributed by atoms with E-state index in [0.29, 0.717) is 25.2 Å². The van der Waals surface area contributed by atoms with Gasteiger partial charge in [0.05, 0.1) is 0 Å². The second-order valence-electron chi connectivity index (χ2n) is 6.58. The molecule has 114 valence electrons. The minimum atomic E-state index is -0.685. The van der Waals surface area contributed by atoms with Gasteiger partial charge in [0, 0.05) is 6.54 Å². The molecule has 1 saturated carbocycles. The first-order valence-electron chi connectivity index (χ1n) is 8.08. The predicted molar refractivity (Wildman–Crippen MR) is 79.2 cm³/mol. The molecule has 1 aliphatic heterocycles. The molecule has 4 heteroatoms. The fourth-order valence-electron chi connectivity index (χ4n) is 3.31. The Morgan fingerprint density at radius 1 is 1.15 bits per heavy atom. The topological polar surface area (TPSA) is 49.4 Å². The van der Waals surface area contributed by atoms with Crippen molar-refractivity contribution in [2.45, 2.75) is 77.3 Å². The van der Waals surface area contributed by atoms with Crippen LogP contribution in [-0.4, -0.2) is 34.3 Å². The molecule has 4 nitrogen and oxygen atoms in total. The maximum Gasteiger partial charge on any atom is 0.249 e. The Balaban J connectivity index is 2.32. The van der Waals surface area contributed by atoms with E-state index >= 15 is 0 Å². The van der Waals surface area contributed by atoms with E-state index in [-0.39, 0.29) is 11.8 Å². The number of nitrogens with zero attached hydrogens (tertiary/aromatic N) is 1. The van der Waals surface area contributed by atoms with Crippen molar-refractivity contribution in [3.63, 3.8) is 0 Å². The summed E-state index contributed by atoms with van der Waals surface area (Å²) < 4.78 is 0. The second kappa shape index (κ2) is 5.38. The highest BCUT2D eigenvalue weighted by molar-refractivity contribution is 6.02. The summed E-state index contributed by atoms with van der Waals surface area (Å²) in [5, 5.41) is 3.03. The zero-order valence-electron chi connectivity index (χ0n) is 13.3. The summed E-state index contributed by atoms with van der Waals surface area (Å²) in [7, 11) is 0. The van der Waals surface area contributed by atoms with Crippen LogP contribution in [0.3, 0.4) is 0 Å². The number of hydrogen-bond acceptors (Lipinski definition) is 2. The largest absolute Gasteiger partial charge is 0.340 e. The molecular weight excluding hydrogens is 252 g/mol. The second-order valence-corrected chi connectivity index (χ2v) is 6.58. The van der Waals surface area contributed by atoms with Gasteiger partial charge in [-0.3, -0.25) is 9.59 Å². The highest BCUT2D eigenvalue weighted by atomic mass is 16.2. The van der Waals surface area contributed by atoms with Gasteiger partial charge in [-0.1, -0.05) is 27.2 Å². The van der Waals surface area contributed by atoms with Gasteiger partial charge >= 0.3 is 0 Å². The zero-order chi connectivity index (χ0) is 15.0. The first kappa shape index (κ1) is 15.3. The zero-order valence-corrected chi connectivity index (χ0v) is 13.3. The van der Waals surface area contributed by atoms with Gasteiger partial charge in [0.2, 0.25) is 11.8 Å². The molecule has 0 aromatic heterocycles. The van der Waals surface area contributed by atoms with Crippen molar-refractivity contribution in [3.05, 3.63) is 0 Å². The molecule has 2 amide bonds. The third kappa shape index (κ3) is 2.13. The maximum absolute atomic E-state index is 13.0. The van der Waals surface area contributed by atoms with Crippen molar-refractivity contribution >= 4 is 11.8 Å². The molecule has 2 aliphatic rings. The van der Waals surface area contributed by atoms with Gasteiger partial charge in [0.25, 0.3) is 0 Å². The van der Waals surface area contributed by atoms with E-state index in [1.807, 2.05) is 32.6 Å². The summed E-state index contributed by atoms with van der Waals surface area (Å²) >= 11 is 0. The highest BCUT2D eigenvalue weighted by Crippen LogP contribution is 2.36. The van der Waals surface area contributed by atoms with Crippen LogP contribution in [-0.2, 0) is 9.59 Å². The van der Waals surface area contributed by atoms with Gasteiger partial charge in [-0.2, -0.15) is 0 Å². The summed E-state index contributed by atoms with van der Waals surface area (Å²) in [6.07, 6.45) is 5.63. The number of piperazine rings is 1. The smallest absolute Gasteiger partial charge is 0.249 e. The van der Waals surface area contributed by atoms with Gasteiger partial charge in [0.1, 0.15) is 11.1 Å². The minimum absolute atomic E-state index is 0.0163. The van der Waals surface area contributed by atoms with E-state index in [2.05, 4.69) is 5.32 Å². The maximum atomic E-state index is 13.0. The Kier molecular flexibility index (Phi) is 4.12. The number of nitrogens with one attached hydrogen (secondary N) is 1. The summed E-state index contributed by atoms with van der Waals surface area (Å²) in [4.78, 5) is 27.5. The van der Waals surface area contributed by atoms with Crippen LogP contribution in [0.4, 0.5) is 0 Å². The average molecular weight is 280 g/mol. The van der Waals surface area contributed by atoms with Crippen LogP contribution in [0.5, 0.6) is 0 Å². The molecule has 1 unspecified atom stereocenters. The van der Waals surface area contributed by atoms with Crippen LogP contribution >= 0.6 is 0 Å². The van der Waals surface area contributed by atoms with E-state index in [1.165, 1.54) is 19.3 Å². The van der Waals surface area contributed by atoms with Crippen molar-refractivity contribution in [1.29, 1.82) is 0 Å². The third-order valence-electron chi connectivity index (χ3n) is 5.65. The van der Waals surface area contributed by atoms with E-state index in [0.717, 1.165) is 6.54 Å². The molecule has 1 saturated heterocycles. The molecule has 0 spiro atoms. The molecule has 1 atom stereocenters. The van der Waals surface area contributed by atoms with Crippen molar-refractivity contribution < 1.29 is 9.59 Å². The number of carbonyl (C=O) groups excluding carboxylic acids is 2. The molecule has 1 N–H and O–H groups in total. The standard InChI is InChI=1S/C16H28N2O2/c1-5-15(4)13(19)17-16(6-2,7-3)14(20)18(15)11-12-9-8-10-12/h12H,5-11H2,1-4H3,(H,17,19). The summed E-state index contributed by atoms with van der Waals surface area (Å²) in [6.45, 7) is 8.62. The van der Waals surface area contributed by atoms with E-state index < -0.39 is 11.1 Å². The summed E-state index contributed by atoms with van der Waals surface area (Å²) in [5.74, 6) is 0.725. The van der Waals surface area contributed by atoms with E-state index in [1.54, 1.807) is 0 Å². The Morgan fingerprint density at radius 3 is 2.15 bits per heavy atom. The first-order valence-corrected chi connectivity index (χ1v) is 8.08. The third-order valence-corrected chi connectivity index (χ3v) is 5.65. The average Bonchev–Trinajstić information content (AvgIpc) is 2.41. The quantitative estimate of drug-likeness (QED) is 0.841. The Bertz CT molecular complexity index is 399. The van der Waals surface area contributed by atoms with Crippen molar-refractivity contribution in [2.75, 3.05) is 6.54 Å². The van der Waals surface area contributed by atoms with Gasteiger partial charge in [-0.15, -0.1) is 0 Å². The Hall–Kier alpha value is -1.06. The summed E-state index contributed by atoms with van der Waals surface area (Å²) in [5.41, 5.74) is -1.37. The van der Waals surface area contributed by atoms with E-state index in [9.17, 15) is 9.59 Å². The molecule has 0 radical (unpaired) electrons. The fourth-order valence-corrected chi connectivity index (χ4v) is 3.31. The lowest BCUT2D eigenvalue weighted by atomic mass is 9.78. The number of carbonyl (C=O) groups is 2. The van der Waals surface area contributed by atoms with Gasteiger partial charge in [-0.25, -0.2) is 0 Å². The number of hydrogen-bond donors (Lipinski definition) is 1. The molecule has 20 heavy (non-hydrogen) atoms. The van der Waals surface area contributed by atoms with Crippen LogP contribution < -0.4 is 5.32 Å². The van der Waals surface area contributed by atoms with Crippen LogP contribution in [0.2, 0.25) is 0 Å². The van der Waals surface area contributed by atoms with Crippen molar-refractivity contribution in [3.8, 4) is 0 Å². The lowest BCUT2D eigenvalue weighted by Gasteiger charge is -2.52. The normalized spacial score (nSPS) is 30.1. The fraction of sp³-hybridized carbons (Fsp3) is 0.875. The van der Waals surface area contributed by atoms with Crippen molar-refractivity contribution in [2.24, 2.45) is 5.92 Å². The predicted octanol–water partition coefficient (Wildman–Crippen LogP) is 2.47. The molecule has 1 heterocycles. The lowest BCUT2D eigenvalue weighted by Crippen LogP contribution is -2.75. The van der Waals surface area contributed by atoms with Gasteiger partial charge < -0.3 is 10.2 Å². The van der Waals surface area contributed by atoms with Gasteiger partial charge in [0.15, 0.2) is 0 Å². The van der Waals surface area contributed by atoms with Crippen LogP contribution in [0.1, 0.15) is 66.2 Å². The molecular formula is C16H28N2O2. The molecule has 2 rings (SSSR count).